The summed E-state index contributed by atoms with van der Waals surface area (Å²) < 4.78 is 13.3. The molecule has 0 aliphatic carbocycles. The molecule has 6 nitrogen and oxygen atoms in total. The number of hydrogen-bond acceptors (Lipinski definition) is 4. The number of nitrogens with one attached hydrogen (secondary N) is 2. The number of carbonyl (C=O) groups is 1. The van der Waals surface area contributed by atoms with E-state index in [0.717, 1.165) is 31.9 Å². The zero-order valence-corrected chi connectivity index (χ0v) is 20.2. The zero-order valence-electron chi connectivity index (χ0n) is 17.9. The van der Waals surface area contributed by atoms with Crippen molar-refractivity contribution in [2.24, 2.45) is 0 Å². The van der Waals surface area contributed by atoms with E-state index in [1.165, 1.54) is 12.1 Å². The number of benzene rings is 2. The smallest absolute Gasteiger partial charge is 0.267 e. The van der Waals surface area contributed by atoms with Gasteiger partial charge < -0.3 is 20.3 Å². The highest BCUT2D eigenvalue weighted by molar-refractivity contribution is 6.43. The van der Waals surface area contributed by atoms with E-state index >= 15 is 0 Å². The highest BCUT2D eigenvalue weighted by atomic mass is 35.5. The summed E-state index contributed by atoms with van der Waals surface area (Å²) in [6.07, 6.45) is -0.102. The SMILES string of the molecule is Cl.O=C(NCCC(O)CN1CCN(c2cccc(Cl)c2Cl)CC1)c1cc2cc(F)ccc2[nH]1. The summed E-state index contributed by atoms with van der Waals surface area (Å²) in [6.45, 7) is 4.09. The number of aliphatic hydroxyl groups is 1. The van der Waals surface area contributed by atoms with Crippen LogP contribution in [-0.2, 0) is 0 Å². The number of nitrogens with zero attached hydrogens (tertiary/aromatic N) is 2. The number of carbonyl (C=O) groups excluding carboxylic acids is 1. The van der Waals surface area contributed by atoms with Crippen LogP contribution in [0.25, 0.3) is 10.9 Å². The van der Waals surface area contributed by atoms with Gasteiger partial charge in [0.1, 0.15) is 11.5 Å². The molecule has 1 aromatic heterocycles. The van der Waals surface area contributed by atoms with Crippen molar-refractivity contribution in [1.29, 1.82) is 0 Å². The number of hydrogen-bond donors (Lipinski definition) is 3. The Balaban J connectivity index is 0.00000306. The molecule has 0 bridgehead atoms. The lowest BCUT2D eigenvalue weighted by atomic mass is 10.2. The molecule has 1 aliphatic heterocycles. The summed E-state index contributed by atoms with van der Waals surface area (Å²) in [5, 5.41) is 15.0. The average Bonchev–Trinajstić information content (AvgIpc) is 3.19. The van der Waals surface area contributed by atoms with Crippen molar-refractivity contribution in [3.63, 3.8) is 0 Å². The molecule has 1 aliphatic rings. The molecule has 2 aromatic carbocycles. The van der Waals surface area contributed by atoms with E-state index in [0.29, 0.717) is 46.2 Å². The van der Waals surface area contributed by atoms with Crippen molar-refractivity contribution in [1.82, 2.24) is 15.2 Å². The fourth-order valence-corrected chi connectivity index (χ4v) is 4.39. The molecule has 33 heavy (non-hydrogen) atoms. The number of β-amino-alcohol motifs (C(OH)–C–C–N with tert-alkyl or cyclic N) is 1. The van der Waals surface area contributed by atoms with E-state index in [9.17, 15) is 14.3 Å². The third-order valence-electron chi connectivity index (χ3n) is 5.70. The Morgan fingerprint density at radius 1 is 1.15 bits per heavy atom. The van der Waals surface area contributed by atoms with Crippen LogP contribution in [0.3, 0.4) is 0 Å². The van der Waals surface area contributed by atoms with Gasteiger partial charge in [-0.05, 0) is 42.8 Å². The topological polar surface area (TPSA) is 71.6 Å². The predicted molar refractivity (Wildman–Crippen MR) is 134 cm³/mol. The van der Waals surface area contributed by atoms with Crippen molar-refractivity contribution in [3.8, 4) is 0 Å². The number of H-pyrrole nitrogens is 1. The monoisotopic (exact) mass is 514 g/mol. The number of piperazine rings is 1. The van der Waals surface area contributed by atoms with Gasteiger partial charge in [0.2, 0.25) is 0 Å². The maximum atomic E-state index is 13.3. The molecule has 178 valence electrons. The molecule has 3 N–H and O–H groups in total. The highest BCUT2D eigenvalue weighted by Gasteiger charge is 2.21. The van der Waals surface area contributed by atoms with Crippen molar-refractivity contribution < 1.29 is 14.3 Å². The summed E-state index contributed by atoms with van der Waals surface area (Å²) in [4.78, 5) is 19.7. The van der Waals surface area contributed by atoms with Crippen LogP contribution in [0.2, 0.25) is 10.0 Å². The number of halogens is 4. The van der Waals surface area contributed by atoms with Crippen LogP contribution in [0.15, 0.2) is 42.5 Å². The standard InChI is InChI=1S/C23H25Cl2FN4O2.ClH/c24-18-2-1-3-21(22(18)25)30-10-8-29(9-11-30)14-17(31)6-7-27-23(32)20-13-15-12-16(26)4-5-19(15)28-20;/h1-5,12-13,17,28,31H,6-11,14H2,(H,27,32);1H. The quantitative estimate of drug-likeness (QED) is 0.438. The van der Waals surface area contributed by atoms with Gasteiger partial charge in [0, 0.05) is 50.2 Å². The Kier molecular flexibility index (Phi) is 8.84. The van der Waals surface area contributed by atoms with Crippen LogP contribution < -0.4 is 10.2 Å². The second-order valence-corrected chi connectivity index (χ2v) is 8.76. The van der Waals surface area contributed by atoms with Crippen LogP contribution in [0.4, 0.5) is 10.1 Å². The maximum Gasteiger partial charge on any atom is 0.267 e. The third kappa shape index (κ3) is 6.31. The van der Waals surface area contributed by atoms with Gasteiger partial charge in [-0.25, -0.2) is 4.39 Å². The Morgan fingerprint density at radius 2 is 1.91 bits per heavy atom. The molecule has 1 atom stereocenters. The number of anilines is 1. The highest BCUT2D eigenvalue weighted by Crippen LogP contribution is 2.32. The lowest BCUT2D eigenvalue weighted by Gasteiger charge is -2.37. The van der Waals surface area contributed by atoms with Crippen LogP contribution >= 0.6 is 35.6 Å². The van der Waals surface area contributed by atoms with Crippen LogP contribution in [-0.4, -0.2) is 66.3 Å². The normalized spacial score (nSPS) is 15.3. The van der Waals surface area contributed by atoms with Crippen LogP contribution in [0, 0.1) is 5.82 Å². The molecule has 1 fully saturated rings. The maximum absolute atomic E-state index is 13.3. The second kappa shape index (κ2) is 11.4. The number of aliphatic hydroxyl groups excluding tert-OH is 1. The number of aromatic amines is 1. The molecule has 1 amide bonds. The van der Waals surface area contributed by atoms with E-state index < -0.39 is 6.10 Å². The van der Waals surface area contributed by atoms with Gasteiger partial charge in [-0.2, -0.15) is 0 Å². The predicted octanol–water partition coefficient (Wildman–Crippen LogP) is 4.34. The molecular formula is C23H26Cl3FN4O2. The first kappa shape index (κ1) is 25.6. The average molecular weight is 516 g/mol. The molecule has 0 spiro atoms. The fraction of sp³-hybridized carbons (Fsp3) is 0.348. The summed E-state index contributed by atoms with van der Waals surface area (Å²) in [7, 11) is 0. The molecule has 10 heteroatoms. The first-order chi connectivity index (χ1) is 15.4. The van der Waals surface area contributed by atoms with Crippen LogP contribution in [0.1, 0.15) is 16.9 Å². The van der Waals surface area contributed by atoms with Gasteiger partial charge in [-0.1, -0.05) is 29.3 Å². The van der Waals surface area contributed by atoms with Gasteiger partial charge in [0.25, 0.3) is 5.91 Å². The fourth-order valence-electron chi connectivity index (χ4n) is 3.97. The van der Waals surface area contributed by atoms with Crippen molar-refractivity contribution >= 4 is 58.1 Å². The van der Waals surface area contributed by atoms with Gasteiger partial charge in [0.15, 0.2) is 0 Å². The Morgan fingerprint density at radius 3 is 2.67 bits per heavy atom. The van der Waals surface area contributed by atoms with E-state index in [1.54, 1.807) is 18.2 Å². The first-order valence-corrected chi connectivity index (χ1v) is 11.3. The third-order valence-corrected chi connectivity index (χ3v) is 6.51. The second-order valence-electron chi connectivity index (χ2n) is 7.97. The van der Waals surface area contributed by atoms with E-state index in [4.69, 9.17) is 23.2 Å². The Hall–Kier alpha value is -2.03. The summed E-state index contributed by atoms with van der Waals surface area (Å²) >= 11 is 12.4. The number of rotatable bonds is 7. The molecular weight excluding hydrogens is 490 g/mol. The Labute approximate surface area is 208 Å². The molecule has 3 aromatic rings. The molecule has 0 radical (unpaired) electrons. The number of amides is 1. The van der Waals surface area contributed by atoms with Crippen molar-refractivity contribution in [2.75, 3.05) is 44.2 Å². The van der Waals surface area contributed by atoms with Gasteiger partial charge in [0.05, 0.1) is 21.8 Å². The van der Waals surface area contributed by atoms with Gasteiger partial charge >= 0.3 is 0 Å². The van der Waals surface area contributed by atoms with Crippen LogP contribution in [0.5, 0.6) is 0 Å². The van der Waals surface area contributed by atoms with Crippen molar-refractivity contribution in [2.45, 2.75) is 12.5 Å². The zero-order chi connectivity index (χ0) is 22.7. The molecule has 1 saturated heterocycles. The molecule has 1 unspecified atom stereocenters. The number of fused-ring (bicyclic) bond motifs is 1. The van der Waals surface area contributed by atoms with Gasteiger partial charge in [-0.15, -0.1) is 12.4 Å². The molecule has 2 heterocycles. The minimum atomic E-state index is -0.548. The minimum absolute atomic E-state index is 0. The largest absolute Gasteiger partial charge is 0.392 e. The molecule has 0 saturated carbocycles. The van der Waals surface area contributed by atoms with E-state index in [1.807, 2.05) is 12.1 Å². The lowest BCUT2D eigenvalue weighted by molar-refractivity contribution is 0.0899. The summed E-state index contributed by atoms with van der Waals surface area (Å²) in [5.41, 5.74) is 2.01. The lowest BCUT2D eigenvalue weighted by Crippen LogP contribution is -2.49. The number of aromatic nitrogens is 1. The first-order valence-electron chi connectivity index (χ1n) is 10.6. The van der Waals surface area contributed by atoms with E-state index in [2.05, 4.69) is 20.1 Å². The van der Waals surface area contributed by atoms with Gasteiger partial charge in [-0.3, -0.25) is 9.69 Å². The molecule has 4 rings (SSSR count). The Bertz CT molecular complexity index is 1100. The van der Waals surface area contributed by atoms with E-state index in [-0.39, 0.29) is 24.1 Å². The van der Waals surface area contributed by atoms with Crippen molar-refractivity contribution in [3.05, 3.63) is 64.0 Å². The summed E-state index contributed by atoms with van der Waals surface area (Å²) in [6, 6.07) is 11.6. The summed E-state index contributed by atoms with van der Waals surface area (Å²) in [5.74, 6) is -0.621. The minimum Gasteiger partial charge on any atom is -0.392 e.